The molecule has 1 unspecified atom stereocenters. The molecule has 0 saturated carbocycles. The van der Waals surface area contributed by atoms with E-state index in [1.807, 2.05) is 0 Å². The second-order valence-corrected chi connectivity index (χ2v) is 6.21. The van der Waals surface area contributed by atoms with Gasteiger partial charge in [0.25, 0.3) is 0 Å². The molecule has 2 nitrogen and oxygen atoms in total. The molecule has 0 aromatic rings. The van der Waals surface area contributed by atoms with E-state index in [1.54, 1.807) is 0 Å². The third kappa shape index (κ3) is 2.70. The van der Waals surface area contributed by atoms with Crippen LogP contribution in [0.3, 0.4) is 0 Å². The first-order valence-electron chi connectivity index (χ1n) is 5.84. The van der Waals surface area contributed by atoms with E-state index in [4.69, 9.17) is 5.73 Å². The van der Waals surface area contributed by atoms with E-state index < -0.39 is 5.67 Å². The molecule has 0 aromatic heterocycles. The summed E-state index contributed by atoms with van der Waals surface area (Å²) in [5, 5.41) is 0. The van der Waals surface area contributed by atoms with Gasteiger partial charge in [0.2, 0.25) is 0 Å². The molecule has 2 N–H and O–H groups in total. The van der Waals surface area contributed by atoms with Crippen molar-refractivity contribution in [3.63, 3.8) is 0 Å². The molecule has 0 aliphatic carbocycles. The van der Waals surface area contributed by atoms with Crippen LogP contribution in [0.4, 0.5) is 4.39 Å². The molecule has 0 spiro atoms. The predicted octanol–water partition coefficient (Wildman–Crippen LogP) is 2.18. The van der Waals surface area contributed by atoms with Crippen molar-refractivity contribution < 1.29 is 4.39 Å². The van der Waals surface area contributed by atoms with Gasteiger partial charge < -0.3 is 5.73 Å². The number of likely N-dealkylation sites (tertiary alicyclic amines) is 1. The Labute approximate surface area is 93.0 Å². The normalized spacial score (nSPS) is 34.0. The molecule has 0 aromatic carbocycles. The van der Waals surface area contributed by atoms with E-state index in [0.717, 1.165) is 0 Å². The van der Waals surface area contributed by atoms with Gasteiger partial charge in [0.05, 0.1) is 0 Å². The fraction of sp³-hybridized carbons (Fsp3) is 1.00. The molecule has 1 rings (SSSR count). The van der Waals surface area contributed by atoms with Crippen LogP contribution in [0.2, 0.25) is 0 Å². The zero-order valence-electron chi connectivity index (χ0n) is 10.7. The third-order valence-electron chi connectivity index (χ3n) is 3.45. The van der Waals surface area contributed by atoms with E-state index >= 15 is 0 Å². The van der Waals surface area contributed by atoms with Crippen molar-refractivity contribution in [1.82, 2.24) is 4.90 Å². The molecule has 0 radical (unpaired) electrons. The van der Waals surface area contributed by atoms with Gasteiger partial charge in [0.15, 0.2) is 0 Å². The number of nitrogens with zero attached hydrogens (tertiary/aromatic N) is 1. The van der Waals surface area contributed by atoms with Crippen LogP contribution in [0.15, 0.2) is 0 Å². The van der Waals surface area contributed by atoms with E-state index in [9.17, 15) is 4.39 Å². The van der Waals surface area contributed by atoms with E-state index in [-0.39, 0.29) is 12.0 Å². The van der Waals surface area contributed by atoms with Crippen molar-refractivity contribution in [3.8, 4) is 0 Å². The first-order chi connectivity index (χ1) is 6.69. The molecule has 1 aliphatic heterocycles. The summed E-state index contributed by atoms with van der Waals surface area (Å²) in [7, 11) is 0. The summed E-state index contributed by atoms with van der Waals surface area (Å²) in [5.41, 5.74) is 4.47. The summed E-state index contributed by atoms with van der Waals surface area (Å²) in [6.07, 6.45) is 0.575. The zero-order valence-corrected chi connectivity index (χ0v) is 10.7. The van der Waals surface area contributed by atoms with Gasteiger partial charge in [-0.05, 0) is 25.7 Å². The number of alkyl halides is 1. The molecule has 3 heteroatoms. The average Bonchev–Trinajstić information content (AvgIpc) is 2.44. The minimum atomic E-state index is -1.18. The Hall–Kier alpha value is -0.150. The topological polar surface area (TPSA) is 29.3 Å². The molecular formula is C12H25FN2. The summed E-state index contributed by atoms with van der Waals surface area (Å²) in [4.78, 5) is 2.26. The van der Waals surface area contributed by atoms with E-state index in [2.05, 4.69) is 39.5 Å². The highest BCUT2D eigenvalue weighted by atomic mass is 19.1. The molecule has 0 amide bonds. The highest BCUT2D eigenvalue weighted by Crippen LogP contribution is 2.39. The Balaban J connectivity index is 2.86. The Bertz CT molecular complexity index is 222. The van der Waals surface area contributed by atoms with Crippen LogP contribution in [-0.4, -0.2) is 35.7 Å². The van der Waals surface area contributed by atoms with Crippen molar-refractivity contribution in [3.05, 3.63) is 0 Å². The van der Waals surface area contributed by atoms with E-state index in [0.29, 0.717) is 25.0 Å². The van der Waals surface area contributed by atoms with Crippen LogP contribution in [0.25, 0.3) is 0 Å². The Morgan fingerprint density at radius 2 is 2.00 bits per heavy atom. The van der Waals surface area contributed by atoms with Gasteiger partial charge in [0.1, 0.15) is 5.67 Å². The van der Waals surface area contributed by atoms with Crippen molar-refractivity contribution in [2.75, 3.05) is 13.1 Å². The summed E-state index contributed by atoms with van der Waals surface area (Å²) >= 11 is 0. The quantitative estimate of drug-likeness (QED) is 0.766. The van der Waals surface area contributed by atoms with Crippen LogP contribution in [-0.2, 0) is 0 Å². The van der Waals surface area contributed by atoms with Crippen LogP contribution in [0.1, 0.15) is 41.0 Å². The molecule has 1 heterocycles. The predicted molar refractivity (Wildman–Crippen MR) is 62.6 cm³/mol. The maximum Gasteiger partial charge on any atom is 0.137 e. The largest absolute Gasteiger partial charge is 0.327 e. The molecule has 1 fully saturated rings. The molecule has 15 heavy (non-hydrogen) atoms. The van der Waals surface area contributed by atoms with Crippen LogP contribution >= 0.6 is 0 Å². The van der Waals surface area contributed by atoms with Crippen molar-refractivity contribution in [2.24, 2.45) is 11.1 Å². The lowest BCUT2D eigenvalue weighted by Crippen LogP contribution is -2.43. The summed E-state index contributed by atoms with van der Waals surface area (Å²) in [6.45, 7) is 11.4. The lowest BCUT2D eigenvalue weighted by molar-refractivity contribution is 0.108. The Morgan fingerprint density at radius 1 is 1.47 bits per heavy atom. The highest BCUT2D eigenvalue weighted by molar-refractivity contribution is 5.02. The minimum absolute atomic E-state index is 0.118. The van der Waals surface area contributed by atoms with Gasteiger partial charge in [-0.15, -0.1) is 0 Å². The molecule has 0 bridgehead atoms. The van der Waals surface area contributed by atoms with Crippen LogP contribution < -0.4 is 5.73 Å². The van der Waals surface area contributed by atoms with Crippen molar-refractivity contribution in [1.29, 1.82) is 0 Å². The maximum atomic E-state index is 14.3. The monoisotopic (exact) mass is 216 g/mol. The van der Waals surface area contributed by atoms with Crippen molar-refractivity contribution in [2.45, 2.75) is 58.8 Å². The second-order valence-electron chi connectivity index (χ2n) is 6.21. The zero-order chi connectivity index (χ0) is 11.9. The summed E-state index contributed by atoms with van der Waals surface area (Å²) in [5.74, 6) is 0. The minimum Gasteiger partial charge on any atom is -0.327 e. The Morgan fingerprint density at radius 3 is 2.27 bits per heavy atom. The highest BCUT2D eigenvalue weighted by Gasteiger charge is 2.48. The number of rotatable bonds is 2. The third-order valence-corrected chi connectivity index (χ3v) is 3.45. The number of hydrogen-bond donors (Lipinski definition) is 1. The van der Waals surface area contributed by atoms with Crippen LogP contribution in [0, 0.1) is 5.41 Å². The number of nitrogens with two attached hydrogens (primary N) is 1. The number of hydrogen-bond acceptors (Lipinski definition) is 2. The lowest BCUT2D eigenvalue weighted by atomic mass is 9.83. The van der Waals surface area contributed by atoms with Gasteiger partial charge >= 0.3 is 0 Å². The summed E-state index contributed by atoms with van der Waals surface area (Å²) in [6, 6.07) is 0.685. The fourth-order valence-electron chi connectivity index (χ4n) is 2.46. The fourth-order valence-corrected chi connectivity index (χ4v) is 2.46. The molecule has 1 saturated heterocycles. The first kappa shape index (κ1) is 12.9. The number of halogens is 1. The van der Waals surface area contributed by atoms with Crippen molar-refractivity contribution >= 4 is 0 Å². The van der Waals surface area contributed by atoms with Gasteiger partial charge in [-0.2, -0.15) is 0 Å². The van der Waals surface area contributed by atoms with Gasteiger partial charge in [0, 0.05) is 25.2 Å². The molecule has 1 aliphatic rings. The van der Waals surface area contributed by atoms with E-state index in [1.165, 1.54) is 0 Å². The first-order valence-corrected chi connectivity index (χ1v) is 5.84. The maximum absolute atomic E-state index is 14.3. The van der Waals surface area contributed by atoms with Gasteiger partial charge in [-0.1, -0.05) is 20.8 Å². The standard InChI is InChI=1S/C12H25FN2/c1-9(2)15-8-12(13,7-14)6-10(15)11(3,4)5/h9-10H,6-8,14H2,1-5H3/t10-,12?/m0/s1. The van der Waals surface area contributed by atoms with Gasteiger partial charge in [-0.25, -0.2) is 4.39 Å². The molecule has 2 atom stereocenters. The molecular weight excluding hydrogens is 191 g/mol. The van der Waals surface area contributed by atoms with Crippen LogP contribution in [0.5, 0.6) is 0 Å². The summed E-state index contributed by atoms with van der Waals surface area (Å²) < 4.78 is 14.3. The van der Waals surface area contributed by atoms with Gasteiger partial charge in [-0.3, -0.25) is 4.90 Å². The lowest BCUT2D eigenvalue weighted by Gasteiger charge is -2.37. The average molecular weight is 216 g/mol. The molecule has 90 valence electrons. The Kier molecular flexibility index (Phi) is 3.46. The second kappa shape index (κ2) is 4.02. The smallest absolute Gasteiger partial charge is 0.137 e. The SMILES string of the molecule is CC(C)N1CC(F)(CN)C[C@H]1C(C)(C)C.